The molecule has 2 aromatic carbocycles. The molecule has 3 rings (SSSR count). The van der Waals surface area contributed by atoms with E-state index in [1.807, 2.05) is 6.92 Å². The molecule has 31 heavy (non-hydrogen) atoms. The molecule has 0 atom stereocenters. The van der Waals surface area contributed by atoms with Crippen LogP contribution in [0.2, 0.25) is 0 Å². The van der Waals surface area contributed by atoms with Crippen LogP contribution in [0.5, 0.6) is 0 Å². The number of piperidine rings is 1. The number of hydrogen-bond donors (Lipinski definition) is 0. The minimum absolute atomic E-state index is 0.132. The summed E-state index contributed by atoms with van der Waals surface area (Å²) in [4.78, 5) is 14.5. The summed E-state index contributed by atoms with van der Waals surface area (Å²) in [6, 6.07) is 11.4. The molecule has 0 N–H and O–H groups in total. The van der Waals surface area contributed by atoms with Gasteiger partial charge in [-0.25, -0.2) is 8.42 Å². The predicted octanol–water partition coefficient (Wildman–Crippen LogP) is 4.07. The van der Waals surface area contributed by atoms with E-state index in [1.165, 1.54) is 21.3 Å². The van der Waals surface area contributed by atoms with Crippen LogP contribution in [0, 0.1) is 12.8 Å². The Bertz CT molecular complexity index is 1010. The fourth-order valence-electron chi connectivity index (χ4n) is 3.67. The molecule has 9 heteroatoms. The number of hydrogen-bond acceptors (Lipinski definition) is 3. The molecule has 1 saturated heterocycles. The zero-order valence-corrected chi connectivity index (χ0v) is 18.2. The maximum Gasteiger partial charge on any atom is 0.416 e. The number of aryl methyl sites for hydroxylation is 1. The van der Waals surface area contributed by atoms with Crippen molar-refractivity contribution in [1.82, 2.24) is 9.21 Å². The van der Waals surface area contributed by atoms with Crippen molar-refractivity contribution in [1.29, 1.82) is 0 Å². The summed E-state index contributed by atoms with van der Waals surface area (Å²) < 4.78 is 65.0. The van der Waals surface area contributed by atoms with E-state index in [2.05, 4.69) is 0 Å². The number of halogens is 3. The molecular formula is C22H25F3N2O3S. The van der Waals surface area contributed by atoms with Crippen LogP contribution in [-0.2, 0) is 27.5 Å². The molecule has 0 radical (unpaired) electrons. The number of alkyl halides is 3. The molecule has 168 valence electrons. The van der Waals surface area contributed by atoms with Crippen molar-refractivity contribution in [3.8, 4) is 0 Å². The molecule has 0 unspecified atom stereocenters. The minimum atomic E-state index is -4.40. The quantitative estimate of drug-likeness (QED) is 0.684. The molecule has 0 saturated carbocycles. The Kier molecular flexibility index (Phi) is 6.76. The van der Waals surface area contributed by atoms with Gasteiger partial charge in [0.15, 0.2) is 0 Å². The summed E-state index contributed by atoms with van der Waals surface area (Å²) in [7, 11) is -1.99. The summed E-state index contributed by atoms with van der Waals surface area (Å²) in [5, 5.41) is 0. The first kappa shape index (κ1) is 23.3. The molecule has 1 aliphatic rings. The fraction of sp³-hybridized carbons (Fsp3) is 0.409. The van der Waals surface area contributed by atoms with E-state index in [4.69, 9.17) is 0 Å². The summed E-state index contributed by atoms with van der Waals surface area (Å²) in [6.45, 7) is 2.58. The molecule has 1 aliphatic heterocycles. The van der Waals surface area contributed by atoms with Crippen molar-refractivity contribution in [3.63, 3.8) is 0 Å². The van der Waals surface area contributed by atoms with E-state index in [0.717, 1.165) is 17.7 Å². The Morgan fingerprint density at radius 2 is 1.58 bits per heavy atom. The Labute approximate surface area is 180 Å². The number of sulfonamides is 1. The zero-order valence-electron chi connectivity index (χ0n) is 17.4. The summed E-state index contributed by atoms with van der Waals surface area (Å²) in [5.74, 6) is -0.448. The van der Waals surface area contributed by atoms with Crippen molar-refractivity contribution in [3.05, 3.63) is 65.2 Å². The van der Waals surface area contributed by atoms with Crippen LogP contribution in [0.4, 0.5) is 13.2 Å². The Balaban J connectivity index is 1.57. The summed E-state index contributed by atoms with van der Waals surface area (Å²) in [5.41, 5.74) is 0.843. The Hall–Kier alpha value is -2.39. The topological polar surface area (TPSA) is 57.7 Å². The van der Waals surface area contributed by atoms with Gasteiger partial charge in [0.25, 0.3) is 0 Å². The van der Waals surface area contributed by atoms with E-state index in [9.17, 15) is 26.4 Å². The number of carbonyl (C=O) groups is 1. The highest BCUT2D eigenvalue weighted by Gasteiger charge is 2.33. The van der Waals surface area contributed by atoms with Crippen molar-refractivity contribution >= 4 is 15.9 Å². The first-order valence-electron chi connectivity index (χ1n) is 9.96. The van der Waals surface area contributed by atoms with Gasteiger partial charge in [-0.05, 0) is 49.6 Å². The third kappa shape index (κ3) is 5.46. The fourth-order valence-corrected chi connectivity index (χ4v) is 5.13. The van der Waals surface area contributed by atoms with Crippen molar-refractivity contribution in [2.45, 2.75) is 37.4 Å². The lowest BCUT2D eigenvalue weighted by Crippen LogP contribution is -2.43. The maximum absolute atomic E-state index is 12.8. The zero-order chi connectivity index (χ0) is 22.8. The second-order valence-corrected chi connectivity index (χ2v) is 9.82. The molecule has 1 fully saturated rings. The standard InChI is InChI=1S/C22H25F3N2O3S/c1-16-3-9-20(10-4-16)31(29,30)27-13-11-18(12-14-27)21(28)26(2)15-17-5-7-19(8-6-17)22(23,24)25/h3-10,18H,11-15H2,1-2H3. The van der Waals surface area contributed by atoms with E-state index in [1.54, 1.807) is 31.3 Å². The lowest BCUT2D eigenvalue weighted by Gasteiger charge is -2.32. The van der Waals surface area contributed by atoms with Crippen LogP contribution in [0.3, 0.4) is 0 Å². The van der Waals surface area contributed by atoms with Gasteiger partial charge in [0.05, 0.1) is 10.5 Å². The molecule has 0 spiro atoms. The average Bonchev–Trinajstić information content (AvgIpc) is 2.73. The van der Waals surface area contributed by atoms with Crippen molar-refractivity contribution in [2.75, 3.05) is 20.1 Å². The SMILES string of the molecule is Cc1ccc(S(=O)(=O)N2CCC(C(=O)N(C)Cc3ccc(C(F)(F)F)cc3)CC2)cc1. The van der Waals surface area contributed by atoms with Crippen LogP contribution < -0.4 is 0 Å². The van der Waals surface area contributed by atoms with E-state index >= 15 is 0 Å². The minimum Gasteiger partial charge on any atom is -0.341 e. The second kappa shape index (κ2) is 9.00. The smallest absolute Gasteiger partial charge is 0.341 e. The summed E-state index contributed by atoms with van der Waals surface area (Å²) >= 11 is 0. The molecule has 1 amide bonds. The highest BCUT2D eigenvalue weighted by Crippen LogP contribution is 2.29. The van der Waals surface area contributed by atoms with Gasteiger partial charge in [-0.1, -0.05) is 29.8 Å². The molecule has 0 aliphatic carbocycles. The Morgan fingerprint density at radius 3 is 2.10 bits per heavy atom. The number of rotatable bonds is 5. The van der Waals surface area contributed by atoms with Crippen LogP contribution in [-0.4, -0.2) is 43.7 Å². The number of carbonyl (C=O) groups excluding carboxylic acids is 1. The number of benzene rings is 2. The van der Waals surface area contributed by atoms with Gasteiger partial charge in [-0.2, -0.15) is 17.5 Å². The summed E-state index contributed by atoms with van der Waals surface area (Å²) in [6.07, 6.45) is -3.59. The third-order valence-electron chi connectivity index (χ3n) is 5.54. The van der Waals surface area contributed by atoms with Crippen molar-refractivity contribution < 1.29 is 26.4 Å². The highest BCUT2D eigenvalue weighted by molar-refractivity contribution is 7.89. The van der Waals surface area contributed by atoms with Crippen LogP contribution in [0.1, 0.15) is 29.5 Å². The van der Waals surface area contributed by atoms with Crippen LogP contribution in [0.15, 0.2) is 53.4 Å². The van der Waals surface area contributed by atoms with E-state index in [-0.39, 0.29) is 36.4 Å². The van der Waals surface area contributed by atoms with Gasteiger partial charge in [-0.15, -0.1) is 0 Å². The predicted molar refractivity (Wildman–Crippen MR) is 111 cm³/mol. The van der Waals surface area contributed by atoms with Gasteiger partial charge < -0.3 is 4.90 Å². The normalized spacial score (nSPS) is 16.3. The molecule has 0 aromatic heterocycles. The van der Waals surface area contributed by atoms with Gasteiger partial charge in [0, 0.05) is 32.6 Å². The monoisotopic (exact) mass is 454 g/mol. The molecule has 5 nitrogen and oxygen atoms in total. The first-order chi connectivity index (χ1) is 14.5. The maximum atomic E-state index is 12.8. The van der Waals surface area contributed by atoms with E-state index < -0.39 is 21.8 Å². The van der Waals surface area contributed by atoms with Gasteiger partial charge in [-0.3, -0.25) is 4.79 Å². The third-order valence-corrected chi connectivity index (χ3v) is 7.45. The van der Waals surface area contributed by atoms with Crippen LogP contribution in [0.25, 0.3) is 0 Å². The second-order valence-electron chi connectivity index (χ2n) is 7.88. The van der Waals surface area contributed by atoms with Gasteiger partial charge >= 0.3 is 6.18 Å². The molecule has 2 aromatic rings. The average molecular weight is 455 g/mol. The molecule has 1 heterocycles. The molecular weight excluding hydrogens is 429 g/mol. The van der Waals surface area contributed by atoms with Crippen molar-refractivity contribution in [2.24, 2.45) is 5.92 Å². The van der Waals surface area contributed by atoms with E-state index in [0.29, 0.717) is 18.4 Å². The number of nitrogens with zero attached hydrogens (tertiary/aromatic N) is 2. The lowest BCUT2D eigenvalue weighted by molar-refractivity contribution is -0.138. The van der Waals surface area contributed by atoms with Gasteiger partial charge in [0.1, 0.15) is 0 Å². The first-order valence-corrected chi connectivity index (χ1v) is 11.4. The molecule has 0 bridgehead atoms. The number of amides is 1. The highest BCUT2D eigenvalue weighted by atomic mass is 32.2. The lowest BCUT2D eigenvalue weighted by atomic mass is 9.96. The van der Waals surface area contributed by atoms with Gasteiger partial charge in [0.2, 0.25) is 15.9 Å². The van der Waals surface area contributed by atoms with Crippen LogP contribution >= 0.6 is 0 Å². The largest absolute Gasteiger partial charge is 0.416 e. The Morgan fingerprint density at radius 1 is 1.03 bits per heavy atom.